The number of carbonyl (C=O) groups excluding carboxylic acids is 1. The third-order valence-corrected chi connectivity index (χ3v) is 3.63. The van der Waals surface area contributed by atoms with Crippen molar-refractivity contribution in [3.8, 4) is 11.3 Å². The first-order valence-corrected chi connectivity index (χ1v) is 7.59. The lowest BCUT2D eigenvalue weighted by Crippen LogP contribution is -2.30. The van der Waals surface area contributed by atoms with Crippen LogP contribution in [-0.4, -0.2) is 37.7 Å². The van der Waals surface area contributed by atoms with E-state index in [1.165, 1.54) is 0 Å². The van der Waals surface area contributed by atoms with E-state index in [1.807, 2.05) is 36.6 Å². The highest BCUT2D eigenvalue weighted by molar-refractivity contribution is 7.09. The summed E-state index contributed by atoms with van der Waals surface area (Å²) in [5, 5.41) is 8.92. The predicted molar refractivity (Wildman–Crippen MR) is 92.9 cm³/mol. The number of aryl methyl sites for hydroxylation is 1. The molecule has 1 aromatic heterocycles. The monoisotopic (exact) mass is 341 g/mol. The summed E-state index contributed by atoms with van der Waals surface area (Å²) in [5.41, 5.74) is 2.80. The number of nitrogens with one attached hydrogen (secondary N) is 2. The first kappa shape index (κ1) is 18.6. The first-order chi connectivity index (χ1) is 10.2. The average molecular weight is 342 g/mol. The number of halogens is 1. The van der Waals surface area contributed by atoms with Crippen molar-refractivity contribution in [3.05, 3.63) is 34.7 Å². The van der Waals surface area contributed by atoms with Crippen LogP contribution in [0.5, 0.6) is 0 Å². The third-order valence-electron chi connectivity index (χ3n) is 2.85. The van der Waals surface area contributed by atoms with Crippen molar-refractivity contribution < 1.29 is 9.53 Å². The molecule has 0 atom stereocenters. The molecule has 0 unspecified atom stereocenters. The number of ether oxygens (including phenoxy) is 1. The van der Waals surface area contributed by atoms with Gasteiger partial charge >= 0.3 is 0 Å². The zero-order valence-corrected chi connectivity index (χ0v) is 14.2. The number of carbonyl (C=O) groups is 1. The minimum Gasteiger partial charge on any atom is -0.383 e. The highest BCUT2D eigenvalue weighted by Gasteiger charge is 2.04. The van der Waals surface area contributed by atoms with Gasteiger partial charge in [0.1, 0.15) is 0 Å². The first-order valence-electron chi connectivity index (χ1n) is 6.71. The van der Waals surface area contributed by atoms with Gasteiger partial charge in [-0.25, -0.2) is 4.98 Å². The van der Waals surface area contributed by atoms with Crippen LogP contribution in [0.3, 0.4) is 0 Å². The van der Waals surface area contributed by atoms with Crippen molar-refractivity contribution in [2.45, 2.75) is 6.92 Å². The number of methoxy groups -OCH3 is 1. The number of anilines is 1. The fourth-order valence-electron chi connectivity index (χ4n) is 1.80. The molecule has 120 valence electrons. The Balaban J connectivity index is 0.00000242. The highest BCUT2D eigenvalue weighted by atomic mass is 35.5. The summed E-state index contributed by atoms with van der Waals surface area (Å²) in [4.78, 5) is 16.1. The maximum Gasteiger partial charge on any atom is 0.238 e. The maximum atomic E-state index is 11.7. The zero-order chi connectivity index (χ0) is 15.1. The molecule has 2 N–H and O–H groups in total. The molecule has 0 bridgehead atoms. The summed E-state index contributed by atoms with van der Waals surface area (Å²) in [6, 6.07) is 7.69. The lowest BCUT2D eigenvalue weighted by molar-refractivity contribution is -0.115. The van der Waals surface area contributed by atoms with Crippen LogP contribution in [0.2, 0.25) is 0 Å². The van der Waals surface area contributed by atoms with Crippen LogP contribution in [0, 0.1) is 6.92 Å². The normalized spacial score (nSPS) is 10.1. The van der Waals surface area contributed by atoms with Gasteiger partial charge in [-0.3, -0.25) is 4.79 Å². The number of benzene rings is 1. The number of thiazole rings is 1. The Hall–Kier alpha value is -1.47. The van der Waals surface area contributed by atoms with Crippen LogP contribution in [0.1, 0.15) is 5.01 Å². The molecule has 1 aromatic carbocycles. The van der Waals surface area contributed by atoms with Gasteiger partial charge in [0, 0.05) is 30.3 Å². The summed E-state index contributed by atoms with van der Waals surface area (Å²) < 4.78 is 4.90. The summed E-state index contributed by atoms with van der Waals surface area (Å²) in [6.07, 6.45) is 0. The minimum absolute atomic E-state index is 0. The van der Waals surface area contributed by atoms with Crippen molar-refractivity contribution in [2.24, 2.45) is 0 Å². The second-order valence-electron chi connectivity index (χ2n) is 4.55. The molecule has 0 saturated carbocycles. The molecule has 0 saturated heterocycles. The lowest BCUT2D eigenvalue weighted by atomic mass is 10.1. The summed E-state index contributed by atoms with van der Waals surface area (Å²) in [6.45, 7) is 3.51. The smallest absolute Gasteiger partial charge is 0.238 e. The lowest BCUT2D eigenvalue weighted by Gasteiger charge is -2.07. The second-order valence-corrected chi connectivity index (χ2v) is 5.61. The molecule has 2 rings (SSSR count). The average Bonchev–Trinajstić information content (AvgIpc) is 2.91. The van der Waals surface area contributed by atoms with Crippen LogP contribution in [0.4, 0.5) is 5.69 Å². The summed E-state index contributed by atoms with van der Waals surface area (Å²) >= 11 is 1.63. The van der Waals surface area contributed by atoms with Crippen LogP contribution in [-0.2, 0) is 9.53 Å². The summed E-state index contributed by atoms with van der Waals surface area (Å²) in [7, 11) is 1.63. The molecule has 0 aliphatic carbocycles. The molecule has 5 nitrogen and oxygen atoms in total. The molecule has 0 spiro atoms. The molecule has 0 aliphatic rings. The van der Waals surface area contributed by atoms with Crippen LogP contribution < -0.4 is 10.6 Å². The Morgan fingerprint density at radius 1 is 1.32 bits per heavy atom. The summed E-state index contributed by atoms with van der Waals surface area (Å²) in [5.74, 6) is -0.0663. The van der Waals surface area contributed by atoms with E-state index in [4.69, 9.17) is 4.74 Å². The van der Waals surface area contributed by atoms with E-state index in [0.717, 1.165) is 22.0 Å². The molecule has 1 heterocycles. The molecule has 0 radical (unpaired) electrons. The number of aromatic nitrogens is 1. The molecule has 1 amide bonds. The SMILES string of the molecule is COCCNCC(=O)Nc1ccc(-c2csc(C)n2)cc1.Cl. The van der Waals surface area contributed by atoms with Gasteiger partial charge < -0.3 is 15.4 Å². The van der Waals surface area contributed by atoms with E-state index in [1.54, 1.807) is 18.4 Å². The van der Waals surface area contributed by atoms with Gasteiger partial charge in [-0.2, -0.15) is 0 Å². The number of hydrogen-bond acceptors (Lipinski definition) is 5. The van der Waals surface area contributed by atoms with Gasteiger partial charge in [-0.1, -0.05) is 12.1 Å². The van der Waals surface area contributed by atoms with Gasteiger partial charge in [0.05, 0.1) is 23.9 Å². The van der Waals surface area contributed by atoms with Crippen LogP contribution in [0.15, 0.2) is 29.6 Å². The second kappa shape index (κ2) is 9.53. The van der Waals surface area contributed by atoms with Crippen molar-refractivity contribution in [1.29, 1.82) is 0 Å². The molecule has 7 heteroatoms. The van der Waals surface area contributed by atoms with Gasteiger partial charge in [0.25, 0.3) is 0 Å². The number of rotatable bonds is 7. The Morgan fingerprint density at radius 3 is 2.64 bits per heavy atom. The molecule has 22 heavy (non-hydrogen) atoms. The fraction of sp³-hybridized carbons (Fsp3) is 0.333. The van der Waals surface area contributed by atoms with Crippen LogP contribution in [0.25, 0.3) is 11.3 Å². The van der Waals surface area contributed by atoms with E-state index in [-0.39, 0.29) is 24.9 Å². The fourth-order valence-corrected chi connectivity index (χ4v) is 2.42. The van der Waals surface area contributed by atoms with Crippen molar-refractivity contribution in [2.75, 3.05) is 32.1 Å². The van der Waals surface area contributed by atoms with E-state index in [0.29, 0.717) is 13.2 Å². The minimum atomic E-state index is -0.0663. The number of hydrogen-bond donors (Lipinski definition) is 2. The Bertz CT molecular complexity index is 587. The molecular weight excluding hydrogens is 322 g/mol. The quantitative estimate of drug-likeness (QED) is 0.760. The zero-order valence-electron chi connectivity index (χ0n) is 12.6. The van der Waals surface area contributed by atoms with Gasteiger partial charge in [0.2, 0.25) is 5.91 Å². The van der Waals surface area contributed by atoms with E-state index < -0.39 is 0 Å². The van der Waals surface area contributed by atoms with E-state index in [2.05, 4.69) is 15.6 Å². The maximum absolute atomic E-state index is 11.7. The Kier molecular flexibility index (Phi) is 8.05. The van der Waals surface area contributed by atoms with Crippen molar-refractivity contribution >= 4 is 35.3 Å². The topological polar surface area (TPSA) is 63.2 Å². The molecule has 2 aromatic rings. The van der Waals surface area contributed by atoms with Crippen molar-refractivity contribution in [3.63, 3.8) is 0 Å². The highest BCUT2D eigenvalue weighted by Crippen LogP contribution is 2.22. The molecule has 0 fully saturated rings. The third kappa shape index (κ3) is 5.73. The standard InChI is InChI=1S/C15H19N3O2S.ClH/c1-11-17-14(10-21-11)12-3-5-13(6-4-12)18-15(19)9-16-7-8-20-2;/h3-6,10,16H,7-9H2,1-2H3,(H,18,19);1H. The molecule has 0 aliphatic heterocycles. The van der Waals surface area contributed by atoms with Crippen molar-refractivity contribution in [1.82, 2.24) is 10.3 Å². The number of amides is 1. The van der Waals surface area contributed by atoms with Crippen LogP contribution >= 0.6 is 23.7 Å². The largest absolute Gasteiger partial charge is 0.383 e. The Morgan fingerprint density at radius 2 is 2.05 bits per heavy atom. The predicted octanol–water partition coefficient (Wildman–Crippen LogP) is 2.71. The molecular formula is C15H20ClN3O2S. The van der Waals surface area contributed by atoms with Gasteiger partial charge in [0.15, 0.2) is 0 Å². The Labute approximate surface area is 140 Å². The van der Waals surface area contributed by atoms with Gasteiger partial charge in [-0.05, 0) is 19.1 Å². The number of nitrogens with zero attached hydrogens (tertiary/aromatic N) is 1. The van der Waals surface area contributed by atoms with Gasteiger partial charge in [-0.15, -0.1) is 23.7 Å². The van der Waals surface area contributed by atoms with E-state index in [9.17, 15) is 4.79 Å². The van der Waals surface area contributed by atoms with E-state index >= 15 is 0 Å².